The van der Waals surface area contributed by atoms with Crippen molar-refractivity contribution in [1.29, 1.82) is 0 Å². The van der Waals surface area contributed by atoms with Crippen LogP contribution in [0.25, 0.3) is 0 Å². The molecule has 1 fully saturated rings. The van der Waals surface area contributed by atoms with Crippen LogP contribution in [0.1, 0.15) is 33.4 Å². The van der Waals surface area contributed by atoms with Gasteiger partial charge in [0.1, 0.15) is 11.9 Å². The molecule has 5 rings (SSSR count). The summed E-state index contributed by atoms with van der Waals surface area (Å²) in [7, 11) is 0. The summed E-state index contributed by atoms with van der Waals surface area (Å²) in [4.78, 5) is 17.3. The average molecular weight is 421 g/mol. The summed E-state index contributed by atoms with van der Waals surface area (Å²) in [6.45, 7) is 5.64. The van der Waals surface area contributed by atoms with Crippen molar-refractivity contribution in [3.05, 3.63) is 76.9 Å². The molecule has 2 aromatic carbocycles. The Balaban J connectivity index is 1.26. The minimum absolute atomic E-state index is 0.102. The highest BCUT2D eigenvalue weighted by molar-refractivity contribution is 5.93. The van der Waals surface area contributed by atoms with E-state index >= 15 is 0 Å². The fraction of sp³-hybridized carbons (Fsp3) is 0.348. The maximum absolute atomic E-state index is 13.2. The number of carbonyl (C=O) groups excluding carboxylic acids is 1. The molecule has 0 radical (unpaired) electrons. The molecule has 0 saturated carbocycles. The lowest BCUT2D eigenvalue weighted by molar-refractivity contribution is -0.00199. The summed E-state index contributed by atoms with van der Waals surface area (Å²) in [5.41, 5.74) is 4.40. The molecular formula is C23H24FN5O2. The zero-order chi connectivity index (χ0) is 21.4. The molecule has 1 aromatic heterocycles. The molecule has 160 valence electrons. The van der Waals surface area contributed by atoms with Gasteiger partial charge in [0.25, 0.3) is 5.91 Å². The van der Waals surface area contributed by atoms with Crippen LogP contribution in [-0.4, -0.2) is 52.0 Å². The number of hydrogen-bond donors (Lipinski definition) is 0. The van der Waals surface area contributed by atoms with Crippen molar-refractivity contribution in [3.8, 4) is 0 Å². The van der Waals surface area contributed by atoms with Gasteiger partial charge in [0.05, 0.1) is 18.8 Å². The van der Waals surface area contributed by atoms with Crippen molar-refractivity contribution in [2.45, 2.75) is 26.2 Å². The van der Waals surface area contributed by atoms with Crippen molar-refractivity contribution in [2.24, 2.45) is 0 Å². The Bertz CT molecular complexity index is 1090. The summed E-state index contributed by atoms with van der Waals surface area (Å²) >= 11 is 0. The maximum atomic E-state index is 13.2. The lowest BCUT2D eigenvalue weighted by Gasteiger charge is -2.36. The van der Waals surface area contributed by atoms with E-state index in [4.69, 9.17) is 4.74 Å². The Morgan fingerprint density at radius 1 is 1.06 bits per heavy atom. The van der Waals surface area contributed by atoms with E-state index < -0.39 is 0 Å². The second-order valence-electron chi connectivity index (χ2n) is 7.98. The van der Waals surface area contributed by atoms with Gasteiger partial charge in [-0.3, -0.25) is 4.79 Å². The van der Waals surface area contributed by atoms with Gasteiger partial charge in [0.2, 0.25) is 0 Å². The van der Waals surface area contributed by atoms with E-state index in [1.165, 1.54) is 23.4 Å². The quantitative estimate of drug-likeness (QED) is 0.651. The van der Waals surface area contributed by atoms with Crippen molar-refractivity contribution in [2.75, 3.05) is 31.1 Å². The molecule has 2 aliphatic rings. The zero-order valence-electron chi connectivity index (χ0n) is 17.4. The first-order valence-electron chi connectivity index (χ1n) is 10.5. The van der Waals surface area contributed by atoms with Crippen molar-refractivity contribution >= 4 is 11.6 Å². The van der Waals surface area contributed by atoms with Gasteiger partial charge in [-0.25, -0.2) is 9.07 Å². The lowest BCUT2D eigenvalue weighted by atomic mass is 10.1. The fourth-order valence-corrected chi connectivity index (χ4v) is 4.28. The number of hydrogen-bond acceptors (Lipinski definition) is 5. The normalized spacial score (nSPS) is 18.7. The van der Waals surface area contributed by atoms with Gasteiger partial charge in [0, 0.05) is 31.9 Å². The summed E-state index contributed by atoms with van der Waals surface area (Å²) in [5, 5.41) is 8.37. The van der Waals surface area contributed by atoms with E-state index in [0.717, 1.165) is 18.7 Å². The number of amides is 1. The van der Waals surface area contributed by atoms with Gasteiger partial charge >= 0.3 is 0 Å². The number of para-hydroxylation sites is 1. The Hall–Kier alpha value is -3.26. The number of rotatable bonds is 3. The highest BCUT2D eigenvalue weighted by Gasteiger charge is 2.31. The first-order chi connectivity index (χ1) is 15.1. The van der Waals surface area contributed by atoms with Gasteiger partial charge in [-0.2, -0.15) is 0 Å². The van der Waals surface area contributed by atoms with E-state index in [2.05, 4.69) is 34.3 Å². The summed E-state index contributed by atoms with van der Waals surface area (Å²) in [5.74, 6) is -0.383. The van der Waals surface area contributed by atoms with Crippen LogP contribution in [0, 0.1) is 12.7 Å². The van der Waals surface area contributed by atoms with E-state index in [-0.39, 0.29) is 24.4 Å². The predicted octanol–water partition coefficient (Wildman–Crippen LogP) is 2.96. The van der Waals surface area contributed by atoms with Crippen LogP contribution >= 0.6 is 0 Å². The number of nitrogens with zero attached hydrogens (tertiary/aromatic N) is 5. The van der Waals surface area contributed by atoms with Crippen LogP contribution in [0.4, 0.5) is 10.1 Å². The number of piperazine rings is 1. The number of anilines is 1. The highest BCUT2D eigenvalue weighted by atomic mass is 19.1. The molecule has 1 amide bonds. The molecule has 0 spiro atoms. The second kappa shape index (κ2) is 8.11. The number of halogens is 1. The van der Waals surface area contributed by atoms with Crippen LogP contribution in [0.5, 0.6) is 0 Å². The van der Waals surface area contributed by atoms with E-state index in [0.29, 0.717) is 31.0 Å². The minimum Gasteiger partial charge on any atom is -0.368 e. The minimum atomic E-state index is -0.281. The number of aromatic nitrogens is 3. The molecule has 3 aromatic rings. The van der Waals surface area contributed by atoms with Gasteiger partial charge < -0.3 is 14.5 Å². The molecule has 3 heterocycles. The number of carbonyl (C=O) groups is 1. The van der Waals surface area contributed by atoms with Gasteiger partial charge in [-0.15, -0.1) is 5.10 Å². The standard InChI is InChI=1S/C23H24FN5O2/c1-16-4-2-3-5-19(16)27-10-12-28(13-11-27)23(30)22-20-15-31-21(14-29(20)26-25-22)17-6-8-18(24)9-7-17/h2-9,21H,10-15H2,1H3. The zero-order valence-corrected chi connectivity index (χ0v) is 17.4. The average Bonchev–Trinajstić information content (AvgIpc) is 3.23. The SMILES string of the molecule is Cc1ccccc1N1CCN(C(=O)c2nnn3c2COC(c2ccc(F)cc2)C3)CC1. The fourth-order valence-electron chi connectivity index (χ4n) is 4.28. The molecule has 0 aliphatic carbocycles. The molecule has 1 atom stereocenters. The first kappa shape index (κ1) is 19.7. The van der Waals surface area contributed by atoms with Gasteiger partial charge in [-0.1, -0.05) is 35.5 Å². The molecular weight excluding hydrogens is 397 g/mol. The van der Waals surface area contributed by atoms with Gasteiger partial charge in [-0.05, 0) is 36.2 Å². The number of ether oxygens (including phenoxy) is 1. The smallest absolute Gasteiger partial charge is 0.276 e. The number of fused-ring (bicyclic) bond motifs is 1. The monoisotopic (exact) mass is 421 g/mol. The van der Waals surface area contributed by atoms with E-state index in [1.54, 1.807) is 16.8 Å². The number of aryl methyl sites for hydroxylation is 1. The van der Waals surface area contributed by atoms with Crippen LogP contribution in [0.15, 0.2) is 48.5 Å². The summed E-state index contributed by atoms with van der Waals surface area (Å²) < 4.78 is 20.9. The molecule has 31 heavy (non-hydrogen) atoms. The van der Waals surface area contributed by atoms with Gasteiger partial charge in [0.15, 0.2) is 5.69 Å². The topological polar surface area (TPSA) is 63.5 Å². The Morgan fingerprint density at radius 2 is 1.81 bits per heavy atom. The molecule has 0 N–H and O–H groups in total. The van der Waals surface area contributed by atoms with Crippen LogP contribution < -0.4 is 4.90 Å². The van der Waals surface area contributed by atoms with Crippen LogP contribution in [-0.2, 0) is 17.9 Å². The first-order valence-corrected chi connectivity index (χ1v) is 10.5. The third-order valence-electron chi connectivity index (χ3n) is 6.06. The molecule has 1 saturated heterocycles. The summed E-state index contributed by atoms with van der Waals surface area (Å²) in [6, 6.07) is 14.6. The Labute approximate surface area is 180 Å². The van der Waals surface area contributed by atoms with E-state index in [1.807, 2.05) is 17.0 Å². The van der Waals surface area contributed by atoms with Crippen molar-refractivity contribution < 1.29 is 13.9 Å². The van der Waals surface area contributed by atoms with Crippen molar-refractivity contribution in [1.82, 2.24) is 19.9 Å². The van der Waals surface area contributed by atoms with Crippen LogP contribution in [0.2, 0.25) is 0 Å². The molecule has 7 nitrogen and oxygen atoms in total. The third kappa shape index (κ3) is 3.79. The van der Waals surface area contributed by atoms with E-state index in [9.17, 15) is 9.18 Å². The summed E-state index contributed by atoms with van der Waals surface area (Å²) in [6.07, 6.45) is -0.240. The lowest BCUT2D eigenvalue weighted by Crippen LogP contribution is -2.49. The molecule has 2 aliphatic heterocycles. The van der Waals surface area contributed by atoms with Crippen molar-refractivity contribution in [3.63, 3.8) is 0 Å². The predicted molar refractivity (Wildman–Crippen MR) is 113 cm³/mol. The third-order valence-corrected chi connectivity index (χ3v) is 6.06. The number of benzene rings is 2. The second-order valence-corrected chi connectivity index (χ2v) is 7.98. The molecule has 1 unspecified atom stereocenters. The highest BCUT2D eigenvalue weighted by Crippen LogP contribution is 2.28. The Morgan fingerprint density at radius 3 is 2.55 bits per heavy atom. The largest absolute Gasteiger partial charge is 0.368 e. The molecule has 0 bridgehead atoms. The van der Waals surface area contributed by atoms with Crippen LogP contribution in [0.3, 0.4) is 0 Å². The Kier molecular flexibility index (Phi) is 5.15. The molecule has 8 heteroatoms. The maximum Gasteiger partial charge on any atom is 0.276 e.